The standard InChI is InChI=1S/C31H31N5O3/c1-2-18-34-23-29(37)35-27(19-24-12-6-3-7-13-24)30(38)33(21-26-16-10-5-11-17-26)22-28(35)36(34)31(39)32-20-25-14-8-4-9-15-25/h1,3-17,27-28H,18-23H2,(H,32,39)/t27-,28-/m0/s1. The molecule has 2 atom stereocenters. The number of nitrogens with one attached hydrogen (secondary N) is 1. The molecule has 198 valence electrons. The summed E-state index contributed by atoms with van der Waals surface area (Å²) in [6.07, 6.45) is 5.29. The van der Waals surface area contributed by atoms with Crippen LogP contribution < -0.4 is 5.32 Å². The van der Waals surface area contributed by atoms with Gasteiger partial charge in [-0.3, -0.25) is 9.59 Å². The molecule has 0 aromatic heterocycles. The van der Waals surface area contributed by atoms with E-state index >= 15 is 0 Å². The zero-order valence-electron chi connectivity index (χ0n) is 21.6. The van der Waals surface area contributed by atoms with Crippen molar-refractivity contribution in [1.82, 2.24) is 25.1 Å². The molecule has 0 aliphatic carbocycles. The number of piperazine rings is 1. The number of nitrogens with zero attached hydrogens (tertiary/aromatic N) is 4. The fraction of sp³-hybridized carbons (Fsp3) is 0.258. The number of carbonyl (C=O) groups excluding carboxylic acids is 3. The highest BCUT2D eigenvalue weighted by atomic mass is 16.2. The molecule has 3 aromatic rings. The first-order valence-corrected chi connectivity index (χ1v) is 13.0. The highest BCUT2D eigenvalue weighted by molar-refractivity contribution is 5.91. The summed E-state index contributed by atoms with van der Waals surface area (Å²) < 4.78 is 0. The Morgan fingerprint density at radius 3 is 2.08 bits per heavy atom. The van der Waals surface area contributed by atoms with Gasteiger partial charge in [0.1, 0.15) is 12.2 Å². The first-order chi connectivity index (χ1) is 19.0. The number of hydrogen-bond donors (Lipinski definition) is 1. The molecule has 2 fully saturated rings. The quantitative estimate of drug-likeness (QED) is 0.486. The molecule has 8 heteroatoms. The van der Waals surface area contributed by atoms with Crippen molar-refractivity contribution in [3.8, 4) is 12.3 Å². The topological polar surface area (TPSA) is 76.2 Å². The SMILES string of the molecule is C#CCN1CC(=O)N2[C@@H](Cc3ccccc3)C(=O)N(Cc3ccccc3)C[C@@H]2N1C(=O)NCc1ccccc1. The Kier molecular flexibility index (Phi) is 7.90. The second-order valence-corrected chi connectivity index (χ2v) is 9.71. The van der Waals surface area contributed by atoms with Crippen LogP contribution in [0.2, 0.25) is 0 Å². The molecule has 2 saturated heterocycles. The predicted molar refractivity (Wildman–Crippen MR) is 147 cm³/mol. The Balaban J connectivity index is 1.48. The first kappa shape index (κ1) is 26.0. The second kappa shape index (κ2) is 11.8. The van der Waals surface area contributed by atoms with Gasteiger partial charge in [0.2, 0.25) is 11.8 Å². The van der Waals surface area contributed by atoms with E-state index in [1.165, 1.54) is 5.01 Å². The van der Waals surface area contributed by atoms with Gasteiger partial charge in [0.05, 0.1) is 19.6 Å². The largest absolute Gasteiger partial charge is 0.334 e. The maximum absolute atomic E-state index is 13.9. The van der Waals surface area contributed by atoms with Crippen LogP contribution >= 0.6 is 0 Å². The summed E-state index contributed by atoms with van der Waals surface area (Å²) >= 11 is 0. The number of carbonyl (C=O) groups is 3. The summed E-state index contributed by atoms with van der Waals surface area (Å²) in [5.74, 6) is 2.21. The first-order valence-electron chi connectivity index (χ1n) is 13.0. The fourth-order valence-electron chi connectivity index (χ4n) is 5.28. The zero-order chi connectivity index (χ0) is 27.2. The number of benzene rings is 3. The van der Waals surface area contributed by atoms with Gasteiger partial charge in [-0.05, 0) is 16.7 Å². The van der Waals surface area contributed by atoms with Crippen LogP contribution in [0.4, 0.5) is 4.79 Å². The molecule has 0 radical (unpaired) electrons. The van der Waals surface area contributed by atoms with Crippen LogP contribution in [0.15, 0.2) is 91.0 Å². The van der Waals surface area contributed by atoms with Crippen molar-refractivity contribution in [2.75, 3.05) is 19.6 Å². The van der Waals surface area contributed by atoms with Crippen molar-refractivity contribution >= 4 is 17.8 Å². The molecule has 2 heterocycles. The van der Waals surface area contributed by atoms with Crippen LogP contribution in [0.5, 0.6) is 0 Å². The molecular formula is C31H31N5O3. The third kappa shape index (κ3) is 5.79. The maximum Gasteiger partial charge on any atom is 0.334 e. The van der Waals surface area contributed by atoms with E-state index in [0.717, 1.165) is 16.7 Å². The monoisotopic (exact) mass is 521 g/mol. The van der Waals surface area contributed by atoms with Gasteiger partial charge in [0.15, 0.2) is 0 Å². The smallest absolute Gasteiger partial charge is 0.333 e. The molecule has 0 unspecified atom stereocenters. The fourth-order valence-corrected chi connectivity index (χ4v) is 5.28. The molecule has 1 N–H and O–H groups in total. The minimum absolute atomic E-state index is 0.0866. The Morgan fingerprint density at radius 1 is 0.872 bits per heavy atom. The van der Waals surface area contributed by atoms with Gasteiger partial charge < -0.3 is 15.1 Å². The predicted octanol–water partition coefficient (Wildman–Crippen LogP) is 2.87. The Morgan fingerprint density at radius 2 is 1.46 bits per heavy atom. The van der Waals surface area contributed by atoms with Crippen LogP contribution in [0.25, 0.3) is 0 Å². The second-order valence-electron chi connectivity index (χ2n) is 9.71. The van der Waals surface area contributed by atoms with Crippen molar-refractivity contribution in [1.29, 1.82) is 0 Å². The molecule has 8 nitrogen and oxygen atoms in total. The van der Waals surface area contributed by atoms with Gasteiger partial charge in [-0.15, -0.1) is 6.42 Å². The van der Waals surface area contributed by atoms with Crippen LogP contribution in [0, 0.1) is 12.3 Å². The molecule has 2 aliphatic rings. The van der Waals surface area contributed by atoms with E-state index in [-0.39, 0.29) is 37.5 Å². The molecule has 3 aromatic carbocycles. The van der Waals surface area contributed by atoms with Gasteiger partial charge in [0, 0.05) is 19.5 Å². The summed E-state index contributed by atoms with van der Waals surface area (Å²) in [5, 5.41) is 6.11. The average Bonchev–Trinajstić information content (AvgIpc) is 2.96. The highest BCUT2D eigenvalue weighted by Crippen LogP contribution is 2.29. The minimum Gasteiger partial charge on any atom is -0.333 e. The lowest BCUT2D eigenvalue weighted by Crippen LogP contribution is -2.76. The summed E-state index contributed by atoms with van der Waals surface area (Å²) in [4.78, 5) is 44.5. The molecule has 0 spiro atoms. The van der Waals surface area contributed by atoms with Crippen molar-refractivity contribution in [2.45, 2.75) is 31.7 Å². The van der Waals surface area contributed by atoms with Crippen LogP contribution in [0.3, 0.4) is 0 Å². The van der Waals surface area contributed by atoms with Gasteiger partial charge in [-0.2, -0.15) is 5.01 Å². The third-order valence-corrected chi connectivity index (χ3v) is 7.09. The molecular weight excluding hydrogens is 490 g/mol. The van der Waals surface area contributed by atoms with E-state index < -0.39 is 12.2 Å². The number of hydrazine groups is 1. The number of hydrogen-bond acceptors (Lipinski definition) is 4. The van der Waals surface area contributed by atoms with Crippen molar-refractivity contribution < 1.29 is 14.4 Å². The summed E-state index contributed by atoms with van der Waals surface area (Å²) in [5.41, 5.74) is 2.86. The van der Waals surface area contributed by atoms with E-state index in [1.807, 2.05) is 91.0 Å². The maximum atomic E-state index is 13.9. The van der Waals surface area contributed by atoms with Crippen molar-refractivity contribution in [2.24, 2.45) is 0 Å². The van der Waals surface area contributed by atoms with E-state index in [0.29, 0.717) is 19.5 Å². The Bertz CT molecular complexity index is 1340. The Hall–Kier alpha value is -4.61. The number of fused-ring (bicyclic) bond motifs is 1. The minimum atomic E-state index is -0.750. The molecule has 0 bridgehead atoms. The lowest BCUT2D eigenvalue weighted by molar-refractivity contribution is -0.189. The third-order valence-electron chi connectivity index (χ3n) is 7.09. The summed E-state index contributed by atoms with van der Waals surface area (Å²) in [6, 6.07) is 27.8. The number of urea groups is 1. The summed E-state index contributed by atoms with van der Waals surface area (Å²) in [7, 11) is 0. The van der Waals surface area contributed by atoms with E-state index in [2.05, 4.69) is 11.2 Å². The van der Waals surface area contributed by atoms with Crippen LogP contribution in [-0.2, 0) is 29.1 Å². The molecule has 5 rings (SSSR count). The van der Waals surface area contributed by atoms with E-state index in [9.17, 15) is 14.4 Å². The van der Waals surface area contributed by atoms with Gasteiger partial charge in [-0.1, -0.05) is 96.9 Å². The zero-order valence-corrected chi connectivity index (χ0v) is 21.6. The van der Waals surface area contributed by atoms with Gasteiger partial charge in [-0.25, -0.2) is 9.80 Å². The number of rotatable bonds is 7. The molecule has 2 aliphatic heterocycles. The van der Waals surface area contributed by atoms with Crippen molar-refractivity contribution in [3.05, 3.63) is 108 Å². The lowest BCUT2D eigenvalue weighted by atomic mass is 9.98. The average molecular weight is 522 g/mol. The van der Waals surface area contributed by atoms with Gasteiger partial charge >= 0.3 is 6.03 Å². The number of amides is 4. The molecule has 4 amide bonds. The van der Waals surface area contributed by atoms with Gasteiger partial charge in [0.25, 0.3) is 0 Å². The van der Waals surface area contributed by atoms with Crippen LogP contribution in [0.1, 0.15) is 16.7 Å². The normalized spacial score (nSPS) is 19.4. The van der Waals surface area contributed by atoms with E-state index in [1.54, 1.807) is 14.8 Å². The van der Waals surface area contributed by atoms with E-state index in [4.69, 9.17) is 6.42 Å². The molecule has 0 saturated carbocycles. The highest BCUT2D eigenvalue weighted by Gasteiger charge is 2.51. The Labute approximate surface area is 228 Å². The lowest BCUT2D eigenvalue weighted by Gasteiger charge is -2.55. The van der Waals surface area contributed by atoms with Crippen molar-refractivity contribution in [3.63, 3.8) is 0 Å². The number of terminal acetylenes is 1. The summed E-state index contributed by atoms with van der Waals surface area (Å²) in [6.45, 7) is 0.866. The molecule has 39 heavy (non-hydrogen) atoms. The van der Waals surface area contributed by atoms with Crippen LogP contribution in [-0.4, -0.2) is 69.5 Å².